The summed E-state index contributed by atoms with van der Waals surface area (Å²) in [4.78, 5) is 16.9. The molecule has 7 heteroatoms. The average molecular weight is 349 g/mol. The Bertz CT molecular complexity index is 1070. The molecule has 0 saturated heterocycles. The predicted molar refractivity (Wildman–Crippen MR) is 97.8 cm³/mol. The summed E-state index contributed by atoms with van der Waals surface area (Å²) in [5.74, 6) is 2.17. The Hall–Kier alpha value is -3.35. The SMILES string of the molecule is Cc1ccc(-c2cc(C(=O)NCCc3nc4ccccc4n3C)n[nH]2)o1. The number of carbonyl (C=O) groups excluding carboxylic acids is 1. The number of aryl methyl sites for hydroxylation is 2. The number of carbonyl (C=O) groups is 1. The molecular weight excluding hydrogens is 330 g/mol. The number of aromatic amines is 1. The lowest BCUT2D eigenvalue weighted by Crippen LogP contribution is -2.26. The predicted octanol–water partition coefficient (Wildman–Crippen LogP) is 2.84. The smallest absolute Gasteiger partial charge is 0.271 e. The number of rotatable bonds is 5. The van der Waals surface area contributed by atoms with Crippen LogP contribution < -0.4 is 5.32 Å². The van der Waals surface area contributed by atoms with Gasteiger partial charge in [-0.25, -0.2) is 4.98 Å². The normalized spacial score (nSPS) is 11.2. The first-order chi connectivity index (χ1) is 12.6. The van der Waals surface area contributed by atoms with Crippen molar-refractivity contribution in [3.63, 3.8) is 0 Å². The molecule has 0 spiro atoms. The first kappa shape index (κ1) is 16.1. The number of nitrogens with one attached hydrogen (secondary N) is 2. The summed E-state index contributed by atoms with van der Waals surface area (Å²) in [6, 6.07) is 13.4. The molecule has 0 atom stereocenters. The summed E-state index contributed by atoms with van der Waals surface area (Å²) in [6.45, 7) is 2.35. The van der Waals surface area contributed by atoms with Gasteiger partial charge in [-0.05, 0) is 31.2 Å². The zero-order chi connectivity index (χ0) is 18.1. The van der Waals surface area contributed by atoms with E-state index in [1.807, 2.05) is 54.9 Å². The number of imidazole rings is 1. The third-order valence-electron chi connectivity index (χ3n) is 4.33. The fraction of sp³-hybridized carbons (Fsp3) is 0.211. The monoisotopic (exact) mass is 349 g/mol. The lowest BCUT2D eigenvalue weighted by Gasteiger charge is -2.04. The van der Waals surface area contributed by atoms with Gasteiger partial charge in [-0.3, -0.25) is 9.89 Å². The zero-order valence-corrected chi connectivity index (χ0v) is 14.6. The van der Waals surface area contributed by atoms with E-state index < -0.39 is 0 Å². The maximum absolute atomic E-state index is 12.3. The highest BCUT2D eigenvalue weighted by Gasteiger charge is 2.13. The van der Waals surface area contributed by atoms with Crippen molar-refractivity contribution in [2.24, 2.45) is 7.05 Å². The summed E-state index contributed by atoms with van der Waals surface area (Å²) < 4.78 is 7.58. The van der Waals surface area contributed by atoms with Gasteiger partial charge in [0, 0.05) is 26.1 Å². The highest BCUT2D eigenvalue weighted by atomic mass is 16.3. The highest BCUT2D eigenvalue weighted by Crippen LogP contribution is 2.20. The van der Waals surface area contributed by atoms with E-state index in [-0.39, 0.29) is 5.91 Å². The van der Waals surface area contributed by atoms with Crippen LogP contribution in [0.2, 0.25) is 0 Å². The van der Waals surface area contributed by atoms with Crippen molar-refractivity contribution in [1.29, 1.82) is 0 Å². The number of benzene rings is 1. The third kappa shape index (κ3) is 2.99. The lowest BCUT2D eigenvalue weighted by atomic mass is 10.3. The summed E-state index contributed by atoms with van der Waals surface area (Å²) >= 11 is 0. The molecule has 0 unspecified atom stereocenters. The van der Waals surface area contributed by atoms with Crippen LogP contribution >= 0.6 is 0 Å². The minimum Gasteiger partial charge on any atom is -0.460 e. The van der Waals surface area contributed by atoms with Crippen LogP contribution in [0, 0.1) is 6.92 Å². The summed E-state index contributed by atoms with van der Waals surface area (Å²) in [5, 5.41) is 9.78. The van der Waals surface area contributed by atoms with Crippen LogP contribution in [0.3, 0.4) is 0 Å². The Morgan fingerprint density at radius 2 is 2.12 bits per heavy atom. The number of nitrogens with zero attached hydrogens (tertiary/aromatic N) is 3. The van der Waals surface area contributed by atoms with Gasteiger partial charge in [-0.2, -0.15) is 5.10 Å². The number of amides is 1. The molecule has 0 aliphatic rings. The summed E-state index contributed by atoms with van der Waals surface area (Å²) in [7, 11) is 1.98. The van der Waals surface area contributed by atoms with E-state index in [2.05, 4.69) is 20.5 Å². The number of aromatic nitrogens is 4. The van der Waals surface area contributed by atoms with E-state index in [1.165, 1.54) is 0 Å². The molecule has 2 N–H and O–H groups in total. The van der Waals surface area contributed by atoms with Gasteiger partial charge in [0.25, 0.3) is 5.91 Å². The van der Waals surface area contributed by atoms with Gasteiger partial charge in [-0.1, -0.05) is 12.1 Å². The van der Waals surface area contributed by atoms with Crippen molar-refractivity contribution in [2.45, 2.75) is 13.3 Å². The lowest BCUT2D eigenvalue weighted by molar-refractivity contribution is 0.0949. The Labute approximate surface area is 150 Å². The van der Waals surface area contributed by atoms with Gasteiger partial charge in [0.1, 0.15) is 17.3 Å². The number of hydrogen-bond donors (Lipinski definition) is 2. The van der Waals surface area contributed by atoms with Crippen molar-refractivity contribution >= 4 is 16.9 Å². The van der Waals surface area contributed by atoms with Crippen LogP contribution in [0.25, 0.3) is 22.5 Å². The van der Waals surface area contributed by atoms with E-state index in [0.29, 0.717) is 30.1 Å². The molecule has 0 bridgehead atoms. The van der Waals surface area contributed by atoms with Crippen LogP contribution in [-0.4, -0.2) is 32.2 Å². The molecule has 0 fully saturated rings. The molecule has 0 aliphatic carbocycles. The molecule has 1 aromatic carbocycles. The molecule has 0 radical (unpaired) electrons. The van der Waals surface area contributed by atoms with Gasteiger partial charge in [-0.15, -0.1) is 0 Å². The minimum absolute atomic E-state index is 0.227. The van der Waals surface area contributed by atoms with Gasteiger partial charge >= 0.3 is 0 Å². The molecular formula is C19H19N5O2. The van der Waals surface area contributed by atoms with Crippen LogP contribution in [0.1, 0.15) is 22.1 Å². The Morgan fingerprint density at radius 3 is 2.88 bits per heavy atom. The molecule has 1 amide bonds. The molecule has 26 heavy (non-hydrogen) atoms. The maximum Gasteiger partial charge on any atom is 0.271 e. The fourth-order valence-electron chi connectivity index (χ4n) is 2.94. The first-order valence-corrected chi connectivity index (χ1v) is 8.42. The molecule has 4 aromatic rings. The van der Waals surface area contributed by atoms with Gasteiger partial charge < -0.3 is 14.3 Å². The van der Waals surface area contributed by atoms with Crippen LogP contribution in [-0.2, 0) is 13.5 Å². The summed E-state index contributed by atoms with van der Waals surface area (Å²) in [6.07, 6.45) is 0.644. The van der Waals surface area contributed by atoms with Crippen LogP contribution in [0.5, 0.6) is 0 Å². The molecule has 3 heterocycles. The maximum atomic E-state index is 12.3. The molecule has 0 aliphatic heterocycles. The van der Waals surface area contributed by atoms with E-state index in [4.69, 9.17) is 4.42 Å². The largest absolute Gasteiger partial charge is 0.460 e. The zero-order valence-electron chi connectivity index (χ0n) is 14.6. The summed E-state index contributed by atoms with van der Waals surface area (Å²) in [5.41, 5.74) is 3.05. The van der Waals surface area contributed by atoms with E-state index in [0.717, 1.165) is 22.6 Å². The molecule has 4 rings (SSSR count). The number of fused-ring (bicyclic) bond motifs is 1. The average Bonchev–Trinajstić information content (AvgIpc) is 3.35. The van der Waals surface area contributed by atoms with Gasteiger partial charge in [0.15, 0.2) is 11.5 Å². The van der Waals surface area contributed by atoms with Crippen LogP contribution in [0.4, 0.5) is 0 Å². The van der Waals surface area contributed by atoms with Crippen molar-refractivity contribution < 1.29 is 9.21 Å². The molecule has 132 valence electrons. The molecule has 3 aromatic heterocycles. The Kier molecular flexibility index (Phi) is 4.04. The second-order valence-electron chi connectivity index (χ2n) is 6.16. The highest BCUT2D eigenvalue weighted by molar-refractivity contribution is 5.93. The van der Waals surface area contributed by atoms with E-state index in [9.17, 15) is 4.79 Å². The van der Waals surface area contributed by atoms with Crippen molar-refractivity contribution in [1.82, 2.24) is 25.1 Å². The quantitative estimate of drug-likeness (QED) is 0.580. The molecule has 0 saturated carbocycles. The topological polar surface area (TPSA) is 88.7 Å². The second-order valence-corrected chi connectivity index (χ2v) is 6.16. The number of hydrogen-bond acceptors (Lipinski definition) is 4. The van der Waals surface area contributed by atoms with Crippen molar-refractivity contribution in [3.05, 3.63) is 59.7 Å². The fourth-order valence-corrected chi connectivity index (χ4v) is 2.94. The van der Waals surface area contributed by atoms with Gasteiger partial charge in [0.2, 0.25) is 0 Å². The Balaban J connectivity index is 1.39. The number of para-hydroxylation sites is 2. The minimum atomic E-state index is -0.227. The Morgan fingerprint density at radius 1 is 1.27 bits per heavy atom. The van der Waals surface area contributed by atoms with E-state index >= 15 is 0 Å². The number of H-pyrrole nitrogens is 1. The second kappa shape index (κ2) is 6.51. The third-order valence-corrected chi connectivity index (χ3v) is 4.33. The van der Waals surface area contributed by atoms with Crippen molar-refractivity contribution in [2.75, 3.05) is 6.54 Å². The van der Waals surface area contributed by atoms with Gasteiger partial charge in [0.05, 0.1) is 11.0 Å². The number of furan rings is 1. The standard InChI is InChI=1S/C19H19N5O2/c1-12-7-8-17(26-12)14-11-15(23-22-14)19(25)20-10-9-18-21-13-5-3-4-6-16(13)24(18)2/h3-8,11H,9-10H2,1-2H3,(H,20,25)(H,22,23). The van der Waals surface area contributed by atoms with Crippen molar-refractivity contribution in [3.8, 4) is 11.5 Å². The first-order valence-electron chi connectivity index (χ1n) is 8.42. The molecule has 7 nitrogen and oxygen atoms in total. The van der Waals surface area contributed by atoms with Crippen LogP contribution in [0.15, 0.2) is 46.9 Å². The van der Waals surface area contributed by atoms with E-state index in [1.54, 1.807) is 6.07 Å².